The molecule has 0 fully saturated rings. The molecule has 1 amide bonds. The molecule has 0 atom stereocenters. The van der Waals surface area contributed by atoms with Crippen LogP contribution in [0.5, 0.6) is 0 Å². The Morgan fingerprint density at radius 2 is 2.10 bits per heavy atom. The molecule has 0 radical (unpaired) electrons. The van der Waals surface area contributed by atoms with Crippen molar-refractivity contribution < 1.29 is 19.4 Å². The zero-order valence-corrected chi connectivity index (χ0v) is 11.6. The fourth-order valence-electron chi connectivity index (χ4n) is 1.72. The number of rotatable bonds is 4. The zero-order chi connectivity index (χ0) is 14.9. The van der Waals surface area contributed by atoms with E-state index in [-0.39, 0.29) is 10.6 Å². The number of aliphatic hydroxyl groups excluding tert-OH is 2. The molecule has 0 aliphatic heterocycles. The summed E-state index contributed by atoms with van der Waals surface area (Å²) in [5.74, 6) is -0.931. The summed E-state index contributed by atoms with van der Waals surface area (Å²) in [6, 6.07) is 4.13. The van der Waals surface area contributed by atoms with Gasteiger partial charge >= 0.3 is 0 Å². The normalized spacial score (nSPS) is 11.8. The first-order valence-corrected chi connectivity index (χ1v) is 6.73. The Morgan fingerprint density at radius 3 is 2.70 bits per heavy atom. The Kier molecular flexibility index (Phi) is 3.94. The Morgan fingerprint density at radius 1 is 1.45 bits per heavy atom. The topological polar surface area (TPSA) is 95.6 Å². The monoisotopic (exact) mass is 298 g/mol. The summed E-state index contributed by atoms with van der Waals surface area (Å²) in [6.45, 7) is 0.692. The van der Waals surface area contributed by atoms with E-state index in [1.54, 1.807) is 6.07 Å². The van der Waals surface area contributed by atoms with E-state index in [0.717, 1.165) is 11.3 Å². The lowest BCUT2D eigenvalue weighted by Crippen LogP contribution is -2.51. The highest BCUT2D eigenvalue weighted by Gasteiger charge is 2.27. The Labute approximate surface area is 118 Å². The molecular formula is C13H15FN2O3S. The number of nitrogens with one attached hydrogen (secondary N) is 1. The van der Waals surface area contributed by atoms with Crippen molar-refractivity contribution >= 4 is 33.0 Å². The van der Waals surface area contributed by atoms with Gasteiger partial charge in [0.1, 0.15) is 10.7 Å². The molecule has 0 unspecified atom stereocenters. The summed E-state index contributed by atoms with van der Waals surface area (Å²) in [6.07, 6.45) is 0. The van der Waals surface area contributed by atoms with Crippen LogP contribution in [-0.4, -0.2) is 34.9 Å². The van der Waals surface area contributed by atoms with Gasteiger partial charge in [0.2, 0.25) is 0 Å². The van der Waals surface area contributed by atoms with Crippen LogP contribution in [0.3, 0.4) is 0 Å². The van der Waals surface area contributed by atoms with E-state index >= 15 is 0 Å². The Balaban J connectivity index is 2.38. The van der Waals surface area contributed by atoms with Gasteiger partial charge in [-0.15, -0.1) is 11.3 Å². The maximum atomic E-state index is 13.2. The van der Waals surface area contributed by atoms with Crippen LogP contribution in [0.25, 0.3) is 10.1 Å². The lowest BCUT2D eigenvalue weighted by Gasteiger charge is -2.25. The number of carbonyl (C=O) groups excluding carboxylic acids is 1. The lowest BCUT2D eigenvalue weighted by atomic mass is 10.1. The van der Waals surface area contributed by atoms with Gasteiger partial charge in [-0.05, 0) is 25.1 Å². The summed E-state index contributed by atoms with van der Waals surface area (Å²) >= 11 is 1.14. The van der Waals surface area contributed by atoms with E-state index in [0.29, 0.717) is 10.1 Å². The molecule has 0 saturated heterocycles. The van der Waals surface area contributed by atoms with Crippen molar-refractivity contribution in [1.29, 1.82) is 0 Å². The fourth-order valence-corrected chi connectivity index (χ4v) is 2.72. The fraction of sp³-hybridized carbons (Fsp3) is 0.308. The second-order valence-electron chi connectivity index (χ2n) is 4.82. The number of hydrogen-bond acceptors (Lipinski definition) is 5. The van der Waals surface area contributed by atoms with Gasteiger partial charge in [-0.3, -0.25) is 4.79 Å². The molecule has 0 aliphatic rings. The summed E-state index contributed by atoms with van der Waals surface area (Å²) in [5.41, 5.74) is 4.93. The number of benzene rings is 1. The van der Waals surface area contributed by atoms with Crippen molar-refractivity contribution in [3.8, 4) is 0 Å². The molecule has 1 aromatic heterocycles. The number of nitrogen functional groups attached to an aromatic ring is 1. The SMILES string of the molecule is CC(CO)(CO)NC(=O)c1sc2ccc(F)cc2c1N. The van der Waals surface area contributed by atoms with Crippen LogP contribution in [0.4, 0.5) is 10.1 Å². The van der Waals surface area contributed by atoms with Gasteiger partial charge in [0, 0.05) is 10.1 Å². The molecule has 20 heavy (non-hydrogen) atoms. The largest absolute Gasteiger partial charge is 0.397 e. The number of thiophene rings is 1. The van der Waals surface area contributed by atoms with Crippen LogP contribution in [0.1, 0.15) is 16.6 Å². The van der Waals surface area contributed by atoms with Crippen molar-refractivity contribution in [3.63, 3.8) is 0 Å². The first-order chi connectivity index (χ1) is 9.40. The predicted octanol–water partition coefficient (Wildman–Crippen LogP) is 1.10. The number of carbonyl (C=O) groups is 1. The summed E-state index contributed by atoms with van der Waals surface area (Å²) < 4.78 is 13.9. The number of nitrogens with two attached hydrogens (primary N) is 1. The lowest BCUT2D eigenvalue weighted by molar-refractivity contribution is 0.0728. The second kappa shape index (κ2) is 5.35. The number of anilines is 1. The van der Waals surface area contributed by atoms with Crippen LogP contribution in [-0.2, 0) is 0 Å². The summed E-state index contributed by atoms with van der Waals surface area (Å²) in [5, 5.41) is 21.4. The van der Waals surface area contributed by atoms with E-state index in [4.69, 9.17) is 5.73 Å². The van der Waals surface area contributed by atoms with Crippen LogP contribution in [0.15, 0.2) is 18.2 Å². The minimum atomic E-state index is -1.13. The number of halogens is 1. The molecule has 1 heterocycles. The van der Waals surface area contributed by atoms with Crippen molar-refractivity contribution in [2.24, 2.45) is 0 Å². The Hall–Kier alpha value is -1.70. The average Bonchev–Trinajstić information content (AvgIpc) is 2.76. The van der Waals surface area contributed by atoms with Crippen molar-refractivity contribution in [1.82, 2.24) is 5.32 Å². The Bertz CT molecular complexity index is 652. The van der Waals surface area contributed by atoms with E-state index < -0.39 is 30.5 Å². The maximum absolute atomic E-state index is 13.2. The van der Waals surface area contributed by atoms with Gasteiger partial charge in [0.15, 0.2) is 0 Å². The third-order valence-electron chi connectivity index (χ3n) is 3.01. The molecule has 0 spiro atoms. The highest BCUT2D eigenvalue weighted by molar-refractivity contribution is 7.21. The standard InChI is InChI=1S/C13H15FN2O3S/c1-13(5-17,6-18)16-12(19)11-10(15)8-4-7(14)2-3-9(8)20-11/h2-4,17-18H,5-6,15H2,1H3,(H,16,19). The number of amides is 1. The van der Waals surface area contributed by atoms with E-state index in [1.165, 1.54) is 19.1 Å². The third kappa shape index (κ3) is 2.60. The van der Waals surface area contributed by atoms with Gasteiger partial charge < -0.3 is 21.3 Å². The summed E-state index contributed by atoms with van der Waals surface area (Å²) in [7, 11) is 0. The molecule has 5 nitrogen and oxygen atoms in total. The highest BCUT2D eigenvalue weighted by atomic mass is 32.1. The molecule has 7 heteroatoms. The molecule has 1 aromatic carbocycles. The first kappa shape index (κ1) is 14.7. The summed E-state index contributed by atoms with van der Waals surface area (Å²) in [4.78, 5) is 12.4. The molecule has 2 rings (SSSR count). The quantitative estimate of drug-likeness (QED) is 0.679. The van der Waals surface area contributed by atoms with Gasteiger partial charge in [0.05, 0.1) is 24.4 Å². The number of aliphatic hydroxyl groups is 2. The smallest absolute Gasteiger partial charge is 0.264 e. The molecular weight excluding hydrogens is 283 g/mol. The number of fused-ring (bicyclic) bond motifs is 1. The van der Waals surface area contributed by atoms with E-state index in [1.807, 2.05) is 0 Å². The highest BCUT2D eigenvalue weighted by Crippen LogP contribution is 2.34. The first-order valence-electron chi connectivity index (χ1n) is 5.92. The van der Waals surface area contributed by atoms with Gasteiger partial charge in [-0.1, -0.05) is 0 Å². The maximum Gasteiger partial charge on any atom is 0.264 e. The molecule has 0 bridgehead atoms. The van der Waals surface area contributed by atoms with Crippen molar-refractivity contribution in [2.75, 3.05) is 18.9 Å². The van der Waals surface area contributed by atoms with Gasteiger partial charge in [0.25, 0.3) is 5.91 Å². The van der Waals surface area contributed by atoms with Crippen LogP contribution in [0, 0.1) is 5.82 Å². The van der Waals surface area contributed by atoms with Crippen LogP contribution < -0.4 is 11.1 Å². The molecule has 2 aromatic rings. The van der Waals surface area contributed by atoms with Gasteiger partial charge in [-0.25, -0.2) is 4.39 Å². The van der Waals surface area contributed by atoms with E-state index in [9.17, 15) is 19.4 Å². The number of hydrogen-bond donors (Lipinski definition) is 4. The third-order valence-corrected chi connectivity index (χ3v) is 4.19. The average molecular weight is 298 g/mol. The van der Waals surface area contributed by atoms with Crippen LogP contribution in [0.2, 0.25) is 0 Å². The zero-order valence-electron chi connectivity index (χ0n) is 10.8. The van der Waals surface area contributed by atoms with Crippen LogP contribution >= 0.6 is 11.3 Å². The van der Waals surface area contributed by atoms with Gasteiger partial charge in [-0.2, -0.15) is 0 Å². The van der Waals surface area contributed by atoms with Crippen molar-refractivity contribution in [2.45, 2.75) is 12.5 Å². The predicted molar refractivity (Wildman–Crippen MR) is 76.2 cm³/mol. The minimum absolute atomic E-state index is 0.195. The second-order valence-corrected chi connectivity index (χ2v) is 5.87. The molecule has 108 valence electrons. The molecule has 5 N–H and O–H groups in total. The van der Waals surface area contributed by atoms with Crippen molar-refractivity contribution in [3.05, 3.63) is 28.9 Å². The molecule has 0 saturated carbocycles. The minimum Gasteiger partial charge on any atom is -0.397 e. The van der Waals surface area contributed by atoms with E-state index in [2.05, 4.69) is 5.32 Å². The molecule has 0 aliphatic carbocycles.